The summed E-state index contributed by atoms with van der Waals surface area (Å²) < 4.78 is 0. The number of carboxylic acids is 1. The Balaban J connectivity index is 1.90. The maximum atomic E-state index is 10.9. The standard InChI is InChI=1S/C17H24O2/c1-2-3-4-13-5-7-14(8-6-13)15-9-11-16(12-10-15)17(18)19/h5-8,15-16H,2-4,9-12H2,1H3,(H,18,19). The first kappa shape index (κ1) is 14.1. The van der Waals surface area contributed by atoms with Gasteiger partial charge in [0.2, 0.25) is 0 Å². The molecule has 1 aliphatic carbocycles. The Morgan fingerprint density at radius 2 is 1.79 bits per heavy atom. The summed E-state index contributed by atoms with van der Waals surface area (Å²) in [6.45, 7) is 2.22. The average Bonchev–Trinajstić information content (AvgIpc) is 2.46. The first-order valence-corrected chi connectivity index (χ1v) is 7.52. The van der Waals surface area contributed by atoms with Gasteiger partial charge in [0.1, 0.15) is 0 Å². The Bertz CT molecular complexity index is 400. The number of benzene rings is 1. The molecule has 1 N–H and O–H groups in total. The molecule has 1 fully saturated rings. The molecule has 0 amide bonds. The first-order valence-electron chi connectivity index (χ1n) is 7.52. The third-order valence-corrected chi connectivity index (χ3v) is 4.35. The number of hydrogen-bond donors (Lipinski definition) is 1. The molecular weight excluding hydrogens is 236 g/mol. The van der Waals surface area contributed by atoms with E-state index in [1.54, 1.807) is 0 Å². The highest BCUT2D eigenvalue weighted by Gasteiger charge is 2.26. The minimum atomic E-state index is -0.617. The first-order chi connectivity index (χ1) is 9.20. The summed E-state index contributed by atoms with van der Waals surface area (Å²) in [4.78, 5) is 10.9. The van der Waals surface area contributed by atoms with Crippen LogP contribution >= 0.6 is 0 Å². The predicted molar refractivity (Wildman–Crippen MR) is 77.4 cm³/mol. The molecule has 2 rings (SSSR count). The lowest BCUT2D eigenvalue weighted by atomic mass is 9.78. The summed E-state index contributed by atoms with van der Waals surface area (Å²) in [5.74, 6) is -0.163. The fraction of sp³-hybridized carbons (Fsp3) is 0.588. The molecule has 0 saturated heterocycles. The van der Waals surface area contributed by atoms with Crippen LogP contribution in [-0.2, 0) is 11.2 Å². The van der Waals surface area contributed by atoms with E-state index in [9.17, 15) is 4.79 Å². The fourth-order valence-electron chi connectivity index (χ4n) is 3.01. The lowest BCUT2D eigenvalue weighted by Gasteiger charge is -2.26. The van der Waals surface area contributed by atoms with Gasteiger partial charge in [-0.15, -0.1) is 0 Å². The summed E-state index contributed by atoms with van der Waals surface area (Å²) in [5, 5.41) is 9.01. The van der Waals surface area contributed by atoms with Crippen LogP contribution in [0, 0.1) is 5.92 Å². The molecule has 1 aromatic rings. The number of aliphatic carboxylic acids is 1. The number of hydrogen-bond acceptors (Lipinski definition) is 1. The highest BCUT2D eigenvalue weighted by atomic mass is 16.4. The average molecular weight is 260 g/mol. The molecule has 2 nitrogen and oxygen atoms in total. The molecule has 0 bridgehead atoms. The van der Waals surface area contributed by atoms with Crippen molar-refractivity contribution < 1.29 is 9.90 Å². The molecule has 1 aliphatic rings. The zero-order chi connectivity index (χ0) is 13.7. The monoisotopic (exact) mass is 260 g/mol. The molecule has 2 heteroatoms. The molecule has 0 heterocycles. The van der Waals surface area contributed by atoms with Gasteiger partial charge < -0.3 is 5.11 Å². The van der Waals surface area contributed by atoms with Gasteiger partial charge >= 0.3 is 5.97 Å². The summed E-state index contributed by atoms with van der Waals surface area (Å²) in [7, 11) is 0. The molecule has 0 unspecified atom stereocenters. The van der Waals surface area contributed by atoms with Crippen molar-refractivity contribution in [2.75, 3.05) is 0 Å². The lowest BCUT2D eigenvalue weighted by Crippen LogP contribution is -2.20. The quantitative estimate of drug-likeness (QED) is 0.852. The normalized spacial score (nSPS) is 23.2. The van der Waals surface area contributed by atoms with E-state index in [1.807, 2.05) is 0 Å². The van der Waals surface area contributed by atoms with E-state index in [0.29, 0.717) is 5.92 Å². The van der Waals surface area contributed by atoms with Gasteiger partial charge in [-0.1, -0.05) is 37.6 Å². The van der Waals surface area contributed by atoms with E-state index in [1.165, 1.54) is 30.4 Å². The van der Waals surface area contributed by atoms with Crippen LogP contribution in [0.15, 0.2) is 24.3 Å². The van der Waals surface area contributed by atoms with Gasteiger partial charge in [0, 0.05) is 0 Å². The van der Waals surface area contributed by atoms with Gasteiger partial charge in [-0.25, -0.2) is 0 Å². The third-order valence-electron chi connectivity index (χ3n) is 4.35. The highest BCUT2D eigenvalue weighted by molar-refractivity contribution is 5.70. The van der Waals surface area contributed by atoms with E-state index in [4.69, 9.17) is 5.11 Å². The van der Waals surface area contributed by atoms with E-state index in [0.717, 1.165) is 25.7 Å². The third kappa shape index (κ3) is 3.82. The van der Waals surface area contributed by atoms with Gasteiger partial charge in [-0.05, 0) is 55.6 Å². The second-order valence-corrected chi connectivity index (χ2v) is 5.73. The van der Waals surface area contributed by atoms with Gasteiger partial charge in [0.05, 0.1) is 5.92 Å². The predicted octanol–water partition coefficient (Wildman–Crippen LogP) is 4.39. The second-order valence-electron chi connectivity index (χ2n) is 5.73. The molecule has 0 aromatic heterocycles. The maximum Gasteiger partial charge on any atom is 0.306 e. The molecule has 0 radical (unpaired) electrons. The van der Waals surface area contributed by atoms with Gasteiger partial charge in [0.15, 0.2) is 0 Å². The summed E-state index contributed by atoms with van der Waals surface area (Å²) >= 11 is 0. The van der Waals surface area contributed by atoms with Crippen molar-refractivity contribution in [1.29, 1.82) is 0 Å². The smallest absolute Gasteiger partial charge is 0.306 e. The maximum absolute atomic E-state index is 10.9. The Hall–Kier alpha value is -1.31. The molecule has 19 heavy (non-hydrogen) atoms. The Labute approximate surface area is 115 Å². The van der Waals surface area contributed by atoms with Crippen molar-refractivity contribution in [2.45, 2.75) is 57.8 Å². The van der Waals surface area contributed by atoms with Crippen LogP contribution in [-0.4, -0.2) is 11.1 Å². The Morgan fingerprint density at radius 3 is 2.32 bits per heavy atom. The summed E-state index contributed by atoms with van der Waals surface area (Å²) in [6, 6.07) is 8.98. The summed E-state index contributed by atoms with van der Waals surface area (Å²) in [5.41, 5.74) is 2.81. The van der Waals surface area contributed by atoms with Crippen LogP contribution in [0.5, 0.6) is 0 Å². The molecule has 1 saturated carbocycles. The van der Waals surface area contributed by atoms with Crippen LogP contribution in [0.1, 0.15) is 62.5 Å². The van der Waals surface area contributed by atoms with Crippen molar-refractivity contribution in [2.24, 2.45) is 5.92 Å². The molecule has 0 spiro atoms. The zero-order valence-electron chi connectivity index (χ0n) is 11.8. The van der Waals surface area contributed by atoms with Crippen LogP contribution in [0.4, 0.5) is 0 Å². The van der Waals surface area contributed by atoms with Crippen molar-refractivity contribution in [1.82, 2.24) is 0 Å². The van der Waals surface area contributed by atoms with E-state index < -0.39 is 5.97 Å². The largest absolute Gasteiger partial charge is 0.481 e. The molecule has 0 atom stereocenters. The number of unbranched alkanes of at least 4 members (excludes halogenated alkanes) is 1. The van der Waals surface area contributed by atoms with Crippen LogP contribution in [0.3, 0.4) is 0 Å². The topological polar surface area (TPSA) is 37.3 Å². The Kier molecular flexibility index (Phi) is 5.00. The van der Waals surface area contributed by atoms with Crippen molar-refractivity contribution in [3.05, 3.63) is 35.4 Å². The zero-order valence-corrected chi connectivity index (χ0v) is 11.8. The molecular formula is C17H24O2. The minimum absolute atomic E-state index is 0.111. The molecule has 1 aromatic carbocycles. The van der Waals surface area contributed by atoms with Crippen molar-refractivity contribution >= 4 is 5.97 Å². The number of carbonyl (C=O) groups is 1. The van der Waals surface area contributed by atoms with Gasteiger partial charge in [-0.3, -0.25) is 4.79 Å². The number of aryl methyl sites for hydroxylation is 1. The van der Waals surface area contributed by atoms with Crippen LogP contribution < -0.4 is 0 Å². The minimum Gasteiger partial charge on any atom is -0.481 e. The van der Waals surface area contributed by atoms with Gasteiger partial charge in [-0.2, -0.15) is 0 Å². The van der Waals surface area contributed by atoms with Crippen molar-refractivity contribution in [3.8, 4) is 0 Å². The van der Waals surface area contributed by atoms with E-state index in [-0.39, 0.29) is 5.92 Å². The van der Waals surface area contributed by atoms with Crippen molar-refractivity contribution in [3.63, 3.8) is 0 Å². The van der Waals surface area contributed by atoms with Crippen LogP contribution in [0.2, 0.25) is 0 Å². The van der Waals surface area contributed by atoms with E-state index in [2.05, 4.69) is 31.2 Å². The lowest BCUT2D eigenvalue weighted by molar-refractivity contribution is -0.142. The Morgan fingerprint density at radius 1 is 1.16 bits per heavy atom. The molecule has 0 aliphatic heterocycles. The summed E-state index contributed by atoms with van der Waals surface area (Å²) in [6.07, 6.45) is 7.36. The highest BCUT2D eigenvalue weighted by Crippen LogP contribution is 2.35. The van der Waals surface area contributed by atoms with E-state index >= 15 is 0 Å². The number of rotatable bonds is 5. The molecule has 104 valence electrons. The number of carboxylic acid groups (broad SMARTS) is 1. The second kappa shape index (κ2) is 6.74. The fourth-order valence-corrected chi connectivity index (χ4v) is 3.01. The SMILES string of the molecule is CCCCc1ccc(C2CCC(C(=O)O)CC2)cc1. The van der Waals surface area contributed by atoms with Gasteiger partial charge in [0.25, 0.3) is 0 Å². The van der Waals surface area contributed by atoms with Crippen LogP contribution in [0.25, 0.3) is 0 Å².